The van der Waals surface area contributed by atoms with Crippen LogP contribution < -0.4 is 5.32 Å². The summed E-state index contributed by atoms with van der Waals surface area (Å²) in [4.78, 5) is 2.72. The lowest BCUT2D eigenvalue weighted by Gasteiger charge is -2.30. The van der Waals surface area contributed by atoms with Gasteiger partial charge in [0.25, 0.3) is 0 Å². The average Bonchev–Trinajstić information content (AvgIpc) is 3.13. The van der Waals surface area contributed by atoms with Gasteiger partial charge in [-0.05, 0) is 51.1 Å². The number of ether oxygens (including phenoxy) is 1. The summed E-state index contributed by atoms with van der Waals surface area (Å²) < 4.78 is 5.15. The fourth-order valence-corrected chi connectivity index (χ4v) is 2.67. The Morgan fingerprint density at radius 1 is 1.19 bits per heavy atom. The number of hydrogen-bond acceptors (Lipinski definition) is 3. The predicted octanol–water partition coefficient (Wildman–Crippen LogP) is 1.49. The van der Waals surface area contributed by atoms with Gasteiger partial charge in [-0.1, -0.05) is 0 Å². The minimum atomic E-state index is 0.909. The summed E-state index contributed by atoms with van der Waals surface area (Å²) in [5.74, 6) is 0.935. The molecule has 0 amide bonds. The van der Waals surface area contributed by atoms with E-state index in [9.17, 15) is 0 Å². The molecule has 0 bridgehead atoms. The van der Waals surface area contributed by atoms with Crippen LogP contribution in [0.2, 0.25) is 0 Å². The molecule has 3 heteroatoms. The molecular weight excluding hydrogens is 200 g/mol. The van der Waals surface area contributed by atoms with Crippen molar-refractivity contribution < 1.29 is 4.74 Å². The molecule has 0 aromatic heterocycles. The van der Waals surface area contributed by atoms with Crippen molar-refractivity contribution >= 4 is 0 Å². The molecule has 0 atom stereocenters. The minimum absolute atomic E-state index is 0.909. The SMILES string of the molecule is COCCCN(CC1CCNCC1)C1CC1. The molecule has 16 heavy (non-hydrogen) atoms. The molecule has 0 aromatic carbocycles. The second-order valence-electron chi connectivity index (χ2n) is 5.27. The Morgan fingerprint density at radius 3 is 2.56 bits per heavy atom. The second kappa shape index (κ2) is 6.58. The van der Waals surface area contributed by atoms with Gasteiger partial charge in [0, 0.05) is 32.8 Å². The topological polar surface area (TPSA) is 24.5 Å². The van der Waals surface area contributed by atoms with Crippen LogP contribution in [-0.2, 0) is 4.74 Å². The van der Waals surface area contributed by atoms with Gasteiger partial charge in [-0.25, -0.2) is 0 Å². The van der Waals surface area contributed by atoms with E-state index in [4.69, 9.17) is 4.74 Å². The third kappa shape index (κ3) is 4.04. The van der Waals surface area contributed by atoms with Crippen molar-refractivity contribution in [2.24, 2.45) is 5.92 Å². The first kappa shape index (κ1) is 12.3. The zero-order valence-corrected chi connectivity index (χ0v) is 10.6. The Bertz CT molecular complexity index is 188. The maximum atomic E-state index is 5.15. The third-order valence-corrected chi connectivity index (χ3v) is 3.81. The Labute approximate surface area is 99.5 Å². The highest BCUT2D eigenvalue weighted by Gasteiger charge is 2.30. The summed E-state index contributed by atoms with van der Waals surface area (Å²) in [5.41, 5.74) is 0. The van der Waals surface area contributed by atoms with E-state index >= 15 is 0 Å². The fraction of sp³-hybridized carbons (Fsp3) is 1.00. The summed E-state index contributed by atoms with van der Waals surface area (Å²) in [7, 11) is 1.80. The van der Waals surface area contributed by atoms with E-state index in [2.05, 4.69) is 10.2 Å². The van der Waals surface area contributed by atoms with E-state index in [0.29, 0.717) is 0 Å². The zero-order valence-electron chi connectivity index (χ0n) is 10.6. The molecular formula is C13H26N2O. The molecule has 94 valence electrons. The van der Waals surface area contributed by atoms with Crippen molar-refractivity contribution in [2.75, 3.05) is 39.9 Å². The molecule has 2 aliphatic rings. The average molecular weight is 226 g/mol. The van der Waals surface area contributed by atoms with Gasteiger partial charge in [-0.3, -0.25) is 0 Å². The first-order valence-electron chi connectivity index (χ1n) is 6.84. The normalized spacial score (nSPS) is 22.9. The van der Waals surface area contributed by atoms with Crippen LogP contribution in [0.3, 0.4) is 0 Å². The molecule has 3 nitrogen and oxygen atoms in total. The van der Waals surface area contributed by atoms with Gasteiger partial charge in [-0.15, -0.1) is 0 Å². The number of piperidine rings is 1. The maximum Gasteiger partial charge on any atom is 0.0474 e. The highest BCUT2D eigenvalue weighted by atomic mass is 16.5. The molecule has 1 heterocycles. The maximum absolute atomic E-state index is 5.15. The monoisotopic (exact) mass is 226 g/mol. The first-order chi connectivity index (χ1) is 7.90. The van der Waals surface area contributed by atoms with Gasteiger partial charge in [-0.2, -0.15) is 0 Å². The van der Waals surface area contributed by atoms with Crippen molar-refractivity contribution in [3.63, 3.8) is 0 Å². The molecule has 0 aromatic rings. The van der Waals surface area contributed by atoms with Gasteiger partial charge < -0.3 is 15.0 Å². The zero-order chi connectivity index (χ0) is 11.2. The minimum Gasteiger partial charge on any atom is -0.385 e. The van der Waals surface area contributed by atoms with Crippen LogP contribution in [0.4, 0.5) is 0 Å². The number of methoxy groups -OCH3 is 1. The van der Waals surface area contributed by atoms with Crippen LogP contribution in [0.1, 0.15) is 32.1 Å². The Morgan fingerprint density at radius 2 is 1.94 bits per heavy atom. The van der Waals surface area contributed by atoms with Crippen LogP contribution >= 0.6 is 0 Å². The van der Waals surface area contributed by atoms with Crippen molar-refractivity contribution in [1.82, 2.24) is 10.2 Å². The van der Waals surface area contributed by atoms with Gasteiger partial charge in [0.15, 0.2) is 0 Å². The summed E-state index contributed by atoms with van der Waals surface area (Å²) >= 11 is 0. The summed E-state index contributed by atoms with van der Waals surface area (Å²) in [6.07, 6.45) is 6.79. The molecule has 1 aliphatic carbocycles. The van der Waals surface area contributed by atoms with Crippen LogP contribution in [0.5, 0.6) is 0 Å². The van der Waals surface area contributed by atoms with Crippen molar-refractivity contribution in [1.29, 1.82) is 0 Å². The number of hydrogen-bond donors (Lipinski definition) is 1. The molecule has 2 rings (SSSR count). The van der Waals surface area contributed by atoms with E-state index in [-0.39, 0.29) is 0 Å². The summed E-state index contributed by atoms with van der Waals surface area (Å²) in [6, 6.07) is 0.909. The highest BCUT2D eigenvalue weighted by molar-refractivity contribution is 4.86. The van der Waals surface area contributed by atoms with Crippen LogP contribution in [0.15, 0.2) is 0 Å². The predicted molar refractivity (Wildman–Crippen MR) is 66.7 cm³/mol. The summed E-state index contributed by atoms with van der Waals surface area (Å²) in [5, 5.41) is 3.45. The molecule has 0 unspecified atom stereocenters. The molecule has 1 saturated carbocycles. The van der Waals surface area contributed by atoms with Gasteiger partial charge in [0.05, 0.1) is 0 Å². The molecule has 0 radical (unpaired) electrons. The van der Waals surface area contributed by atoms with Crippen LogP contribution in [-0.4, -0.2) is 50.8 Å². The highest BCUT2D eigenvalue weighted by Crippen LogP contribution is 2.28. The molecule has 1 N–H and O–H groups in total. The standard InChI is InChI=1S/C13H26N2O/c1-16-10-2-9-15(13-3-4-13)11-12-5-7-14-8-6-12/h12-14H,2-11H2,1H3. The lowest BCUT2D eigenvalue weighted by atomic mass is 9.97. The van der Waals surface area contributed by atoms with Crippen molar-refractivity contribution in [3.05, 3.63) is 0 Å². The Hall–Kier alpha value is -0.120. The molecule has 2 fully saturated rings. The summed E-state index contributed by atoms with van der Waals surface area (Å²) in [6.45, 7) is 5.93. The number of nitrogens with one attached hydrogen (secondary N) is 1. The smallest absolute Gasteiger partial charge is 0.0474 e. The van der Waals surface area contributed by atoms with E-state index in [0.717, 1.165) is 18.6 Å². The lowest BCUT2D eigenvalue weighted by Crippen LogP contribution is -2.38. The Kier molecular flexibility index (Phi) is 5.07. The molecule has 0 spiro atoms. The van der Waals surface area contributed by atoms with Crippen molar-refractivity contribution in [3.8, 4) is 0 Å². The Balaban J connectivity index is 1.68. The lowest BCUT2D eigenvalue weighted by molar-refractivity contribution is 0.152. The number of nitrogens with zero attached hydrogens (tertiary/aromatic N) is 1. The van der Waals surface area contributed by atoms with Crippen molar-refractivity contribution in [2.45, 2.75) is 38.1 Å². The van der Waals surface area contributed by atoms with Gasteiger partial charge in [0.1, 0.15) is 0 Å². The molecule has 1 aliphatic heterocycles. The molecule has 1 saturated heterocycles. The van der Waals surface area contributed by atoms with E-state index in [1.165, 1.54) is 58.3 Å². The van der Waals surface area contributed by atoms with E-state index in [1.54, 1.807) is 7.11 Å². The van der Waals surface area contributed by atoms with Crippen LogP contribution in [0, 0.1) is 5.92 Å². The van der Waals surface area contributed by atoms with Gasteiger partial charge >= 0.3 is 0 Å². The van der Waals surface area contributed by atoms with Crippen LogP contribution in [0.25, 0.3) is 0 Å². The van der Waals surface area contributed by atoms with E-state index < -0.39 is 0 Å². The number of rotatable bonds is 7. The first-order valence-corrected chi connectivity index (χ1v) is 6.84. The second-order valence-corrected chi connectivity index (χ2v) is 5.27. The quantitative estimate of drug-likeness (QED) is 0.666. The van der Waals surface area contributed by atoms with Gasteiger partial charge in [0.2, 0.25) is 0 Å². The largest absolute Gasteiger partial charge is 0.385 e. The third-order valence-electron chi connectivity index (χ3n) is 3.81. The fourth-order valence-electron chi connectivity index (χ4n) is 2.67. The van der Waals surface area contributed by atoms with E-state index in [1.807, 2.05) is 0 Å².